The van der Waals surface area contributed by atoms with Gasteiger partial charge in [-0.3, -0.25) is 4.79 Å². The molecule has 1 aromatic heterocycles. The van der Waals surface area contributed by atoms with Gasteiger partial charge in [0.2, 0.25) is 0 Å². The summed E-state index contributed by atoms with van der Waals surface area (Å²) >= 11 is 0. The molecule has 1 saturated heterocycles. The molecule has 6 nitrogen and oxygen atoms in total. The van der Waals surface area contributed by atoms with Crippen LogP contribution in [0.1, 0.15) is 48.5 Å². The van der Waals surface area contributed by atoms with E-state index >= 15 is 0 Å². The molecular weight excluding hydrogens is 436 g/mol. The van der Waals surface area contributed by atoms with Gasteiger partial charge in [-0.15, -0.1) is 0 Å². The molecule has 2 aliphatic rings. The Morgan fingerprint density at radius 2 is 1.83 bits per heavy atom. The molecule has 1 aliphatic heterocycles. The summed E-state index contributed by atoms with van der Waals surface area (Å²) in [7, 11) is 1.97. The van der Waals surface area contributed by atoms with E-state index in [1.807, 2.05) is 30.1 Å². The smallest absolute Gasteiger partial charge is 0.254 e. The van der Waals surface area contributed by atoms with Crippen LogP contribution in [0.4, 0.5) is 11.5 Å². The largest absolute Gasteiger partial charge is 0.382 e. The lowest BCUT2D eigenvalue weighted by atomic mass is 9.86. The average molecular weight is 473 g/mol. The highest BCUT2D eigenvalue weighted by Crippen LogP contribution is 2.34. The van der Waals surface area contributed by atoms with Crippen molar-refractivity contribution in [2.24, 2.45) is 5.92 Å². The highest BCUT2D eigenvalue weighted by atomic mass is 16.5. The van der Waals surface area contributed by atoms with Gasteiger partial charge in [0.05, 0.1) is 24.4 Å². The Hall–Kier alpha value is -3.12. The minimum Gasteiger partial charge on any atom is -0.382 e. The number of carbonyl (C=O) groups is 1. The minimum absolute atomic E-state index is 0.104. The standard InChI is InChI=1S/C29H36N4O2/c1-19-7-10-23(11-8-19)32(3)29(34)24-6-4-5-20(2)27(24)21-9-12-25-22(17-21)18-26(28(30)31-25)33-13-15-35-16-14-33/h4-6,9,12,17-19,23H,7-8,10-11,13-16H2,1-3H3,(H2,30,31). The predicted molar refractivity (Wildman–Crippen MR) is 143 cm³/mol. The van der Waals surface area contributed by atoms with Crippen LogP contribution in [-0.2, 0) is 4.74 Å². The molecule has 35 heavy (non-hydrogen) atoms. The summed E-state index contributed by atoms with van der Waals surface area (Å²) < 4.78 is 5.50. The van der Waals surface area contributed by atoms with Crippen molar-refractivity contribution in [3.63, 3.8) is 0 Å². The van der Waals surface area contributed by atoms with Gasteiger partial charge in [0.25, 0.3) is 5.91 Å². The number of amides is 1. The maximum Gasteiger partial charge on any atom is 0.254 e. The van der Waals surface area contributed by atoms with Crippen molar-refractivity contribution in [1.29, 1.82) is 0 Å². The monoisotopic (exact) mass is 472 g/mol. The number of anilines is 2. The zero-order valence-corrected chi connectivity index (χ0v) is 21.1. The van der Waals surface area contributed by atoms with Gasteiger partial charge in [0.15, 0.2) is 0 Å². The van der Waals surface area contributed by atoms with E-state index in [1.54, 1.807) is 0 Å². The molecule has 6 heteroatoms. The van der Waals surface area contributed by atoms with Crippen LogP contribution in [0.2, 0.25) is 0 Å². The fourth-order valence-electron chi connectivity index (χ4n) is 5.61. The van der Waals surface area contributed by atoms with Crippen molar-refractivity contribution in [2.45, 2.75) is 45.6 Å². The number of hydrogen-bond donors (Lipinski definition) is 1. The number of fused-ring (bicyclic) bond motifs is 1. The van der Waals surface area contributed by atoms with Crippen LogP contribution in [0.3, 0.4) is 0 Å². The van der Waals surface area contributed by atoms with Crippen LogP contribution in [0.25, 0.3) is 22.0 Å². The Morgan fingerprint density at radius 1 is 1.09 bits per heavy atom. The molecular formula is C29H36N4O2. The van der Waals surface area contributed by atoms with Crippen LogP contribution in [0.5, 0.6) is 0 Å². The quantitative estimate of drug-likeness (QED) is 0.559. The van der Waals surface area contributed by atoms with Gasteiger partial charge < -0.3 is 20.3 Å². The van der Waals surface area contributed by atoms with Crippen molar-refractivity contribution in [2.75, 3.05) is 44.0 Å². The maximum absolute atomic E-state index is 13.7. The number of rotatable bonds is 4. The first-order chi connectivity index (χ1) is 16.9. The average Bonchev–Trinajstić information content (AvgIpc) is 2.88. The number of nitrogen functional groups attached to an aromatic ring is 1. The fourth-order valence-corrected chi connectivity index (χ4v) is 5.61. The lowest BCUT2D eigenvalue weighted by Gasteiger charge is -2.34. The predicted octanol–water partition coefficient (Wildman–Crippen LogP) is 5.28. The first-order valence-corrected chi connectivity index (χ1v) is 12.8. The van der Waals surface area contributed by atoms with Crippen molar-refractivity contribution in [1.82, 2.24) is 9.88 Å². The van der Waals surface area contributed by atoms with E-state index in [9.17, 15) is 4.79 Å². The zero-order chi connectivity index (χ0) is 24.5. The summed E-state index contributed by atoms with van der Waals surface area (Å²) in [4.78, 5) is 22.6. The molecule has 2 fully saturated rings. The van der Waals surface area contributed by atoms with E-state index in [4.69, 9.17) is 10.5 Å². The van der Waals surface area contributed by atoms with E-state index in [0.29, 0.717) is 25.1 Å². The molecule has 184 valence electrons. The number of morpholine rings is 1. The second-order valence-electron chi connectivity index (χ2n) is 10.2. The number of pyridine rings is 1. The third-order valence-electron chi connectivity index (χ3n) is 7.82. The molecule has 2 N–H and O–H groups in total. The molecule has 0 radical (unpaired) electrons. The van der Waals surface area contributed by atoms with Crippen molar-refractivity contribution >= 4 is 28.3 Å². The van der Waals surface area contributed by atoms with Gasteiger partial charge in [-0.05, 0) is 79.5 Å². The highest BCUT2D eigenvalue weighted by molar-refractivity contribution is 6.03. The number of nitrogens with zero attached hydrogens (tertiary/aromatic N) is 3. The van der Waals surface area contributed by atoms with Gasteiger partial charge >= 0.3 is 0 Å². The summed E-state index contributed by atoms with van der Waals surface area (Å²) in [6.07, 6.45) is 4.54. The molecule has 0 atom stereocenters. The second kappa shape index (κ2) is 9.86. The Morgan fingerprint density at radius 3 is 2.57 bits per heavy atom. The highest BCUT2D eigenvalue weighted by Gasteiger charge is 2.27. The lowest BCUT2D eigenvalue weighted by molar-refractivity contribution is 0.0680. The molecule has 1 amide bonds. The Labute approximate surface area is 208 Å². The Kier molecular flexibility index (Phi) is 6.65. The van der Waals surface area contributed by atoms with E-state index in [2.05, 4.69) is 48.0 Å². The van der Waals surface area contributed by atoms with Crippen molar-refractivity contribution in [3.05, 3.63) is 53.6 Å². The molecule has 2 heterocycles. The molecule has 0 spiro atoms. The molecule has 1 aliphatic carbocycles. The number of aromatic nitrogens is 1. The molecule has 3 aromatic rings. The number of hydrogen-bond acceptors (Lipinski definition) is 5. The third kappa shape index (κ3) is 4.72. The number of nitrogens with two attached hydrogens (primary N) is 1. The maximum atomic E-state index is 13.7. The number of benzene rings is 2. The van der Waals surface area contributed by atoms with Gasteiger partial charge in [0.1, 0.15) is 5.82 Å². The van der Waals surface area contributed by atoms with Crippen LogP contribution in [-0.4, -0.2) is 55.2 Å². The minimum atomic E-state index is 0.104. The molecule has 5 rings (SSSR count). The second-order valence-corrected chi connectivity index (χ2v) is 10.2. The number of aryl methyl sites for hydroxylation is 1. The number of carbonyl (C=O) groups excluding carboxylic acids is 1. The molecule has 1 saturated carbocycles. The van der Waals surface area contributed by atoms with Crippen LogP contribution in [0, 0.1) is 12.8 Å². The van der Waals surface area contributed by atoms with Crippen LogP contribution >= 0.6 is 0 Å². The van der Waals surface area contributed by atoms with E-state index in [-0.39, 0.29) is 5.91 Å². The lowest BCUT2D eigenvalue weighted by Crippen LogP contribution is -2.39. The summed E-state index contributed by atoms with van der Waals surface area (Å²) in [5, 5.41) is 1.02. The van der Waals surface area contributed by atoms with Gasteiger partial charge in [-0.25, -0.2) is 4.98 Å². The Bertz CT molecular complexity index is 1230. The van der Waals surface area contributed by atoms with E-state index in [1.165, 1.54) is 12.8 Å². The van der Waals surface area contributed by atoms with Crippen molar-refractivity contribution < 1.29 is 9.53 Å². The molecule has 0 bridgehead atoms. The fraction of sp³-hybridized carbons (Fsp3) is 0.448. The third-order valence-corrected chi connectivity index (χ3v) is 7.82. The first-order valence-electron chi connectivity index (χ1n) is 12.8. The molecule has 0 unspecified atom stereocenters. The van der Waals surface area contributed by atoms with E-state index < -0.39 is 0 Å². The molecule has 2 aromatic carbocycles. The van der Waals surface area contributed by atoms with Gasteiger partial charge in [0, 0.05) is 37.1 Å². The van der Waals surface area contributed by atoms with Crippen molar-refractivity contribution in [3.8, 4) is 11.1 Å². The SMILES string of the molecule is Cc1cccc(C(=O)N(C)C2CCC(C)CC2)c1-c1ccc2nc(N)c(N3CCOCC3)cc2c1. The van der Waals surface area contributed by atoms with E-state index in [0.717, 1.165) is 70.7 Å². The Balaban J connectivity index is 1.51. The summed E-state index contributed by atoms with van der Waals surface area (Å²) in [6, 6.07) is 14.7. The van der Waals surface area contributed by atoms with Gasteiger partial charge in [-0.1, -0.05) is 25.1 Å². The first kappa shape index (κ1) is 23.6. The summed E-state index contributed by atoms with van der Waals surface area (Å²) in [5.74, 6) is 1.40. The van der Waals surface area contributed by atoms with Crippen LogP contribution < -0.4 is 10.6 Å². The topological polar surface area (TPSA) is 71.7 Å². The number of ether oxygens (including phenoxy) is 1. The summed E-state index contributed by atoms with van der Waals surface area (Å²) in [6.45, 7) is 7.39. The zero-order valence-electron chi connectivity index (χ0n) is 21.1. The van der Waals surface area contributed by atoms with Crippen LogP contribution in [0.15, 0.2) is 42.5 Å². The van der Waals surface area contributed by atoms with Gasteiger partial charge in [-0.2, -0.15) is 0 Å². The normalized spacial score (nSPS) is 20.7. The summed E-state index contributed by atoms with van der Waals surface area (Å²) in [5.41, 5.74) is 12.0.